The molecule has 2 aromatic carbocycles. The van der Waals surface area contributed by atoms with E-state index in [-0.39, 0.29) is 13.2 Å². The number of ether oxygens (including phenoxy) is 4. The van der Waals surface area contributed by atoms with Crippen molar-refractivity contribution in [2.75, 3.05) is 13.2 Å². The molecule has 2 aliphatic heterocycles. The van der Waals surface area contributed by atoms with Crippen molar-refractivity contribution in [1.82, 2.24) is 0 Å². The van der Waals surface area contributed by atoms with Crippen molar-refractivity contribution >= 4 is 23.2 Å². The van der Waals surface area contributed by atoms with E-state index in [9.17, 15) is 10.2 Å². The molecule has 0 bridgehead atoms. The smallest absolute Gasteiger partial charge is 0.186 e. The normalized spacial score (nSPS) is 33.1. The Kier molecular flexibility index (Phi) is 6.20. The van der Waals surface area contributed by atoms with Gasteiger partial charge < -0.3 is 29.2 Å². The third kappa shape index (κ3) is 3.92. The Morgan fingerprint density at radius 3 is 2.07 bits per heavy atom. The molecule has 28 heavy (non-hydrogen) atoms. The van der Waals surface area contributed by atoms with E-state index in [1.807, 2.05) is 24.3 Å². The average Bonchev–Trinajstić information content (AvgIpc) is 3.19. The van der Waals surface area contributed by atoms with Crippen LogP contribution in [0.2, 0.25) is 10.0 Å². The van der Waals surface area contributed by atoms with Gasteiger partial charge in [-0.2, -0.15) is 0 Å². The number of hydrogen-bond donors (Lipinski definition) is 2. The summed E-state index contributed by atoms with van der Waals surface area (Å²) in [5.74, 6) is 0. The molecule has 0 aliphatic carbocycles. The highest BCUT2D eigenvalue weighted by atomic mass is 35.5. The standard InChI is InChI=1S/C20H20Cl2O6/c21-13-7-3-1-5-11(13)19-25-10-16(27-19)18-17(24)15(9-23)26-20(28-18)12-6-2-4-8-14(12)22/h1-8,15-20,23-24H,9-10H2/t15-,16+,17+,18+,19?,20?/m0/s1. The predicted octanol–water partition coefficient (Wildman–Crippen LogP) is 3.24. The molecule has 8 heteroatoms. The van der Waals surface area contributed by atoms with Crippen LogP contribution in [0.5, 0.6) is 0 Å². The fourth-order valence-corrected chi connectivity index (χ4v) is 3.85. The number of benzene rings is 2. The quantitative estimate of drug-likeness (QED) is 0.781. The summed E-state index contributed by atoms with van der Waals surface area (Å²) in [7, 11) is 0. The van der Waals surface area contributed by atoms with Crippen molar-refractivity contribution in [2.24, 2.45) is 0 Å². The molecule has 2 fully saturated rings. The van der Waals surface area contributed by atoms with Gasteiger partial charge in [0.15, 0.2) is 12.6 Å². The highest BCUT2D eigenvalue weighted by Crippen LogP contribution is 2.39. The molecule has 0 amide bonds. The zero-order valence-electron chi connectivity index (χ0n) is 14.8. The predicted molar refractivity (Wildman–Crippen MR) is 102 cm³/mol. The summed E-state index contributed by atoms with van der Waals surface area (Å²) in [6.07, 6.45) is -4.80. The van der Waals surface area contributed by atoms with E-state index < -0.39 is 37.0 Å². The Bertz CT molecular complexity index is 819. The third-order valence-corrected chi connectivity index (χ3v) is 5.56. The lowest BCUT2D eigenvalue weighted by molar-refractivity contribution is -0.310. The molecule has 2 N–H and O–H groups in total. The summed E-state index contributed by atoms with van der Waals surface area (Å²) in [4.78, 5) is 0. The first kappa shape index (κ1) is 20.1. The molecule has 2 aromatic rings. The first-order valence-corrected chi connectivity index (χ1v) is 9.70. The van der Waals surface area contributed by atoms with Crippen molar-refractivity contribution in [3.8, 4) is 0 Å². The molecule has 150 valence electrons. The summed E-state index contributed by atoms with van der Waals surface area (Å²) in [6.45, 7) is -0.172. The van der Waals surface area contributed by atoms with E-state index in [1.54, 1.807) is 24.3 Å². The van der Waals surface area contributed by atoms with Gasteiger partial charge in [0.05, 0.1) is 13.2 Å². The molecule has 4 rings (SSSR count). The van der Waals surface area contributed by atoms with E-state index in [4.69, 9.17) is 42.1 Å². The van der Waals surface area contributed by atoms with Crippen LogP contribution in [0.3, 0.4) is 0 Å². The fourth-order valence-electron chi connectivity index (χ4n) is 3.40. The summed E-state index contributed by atoms with van der Waals surface area (Å²) in [6, 6.07) is 14.3. The average molecular weight is 427 g/mol. The molecule has 0 saturated carbocycles. The molecule has 2 heterocycles. The first-order chi connectivity index (χ1) is 13.6. The second-order valence-electron chi connectivity index (χ2n) is 6.66. The van der Waals surface area contributed by atoms with Crippen molar-refractivity contribution in [3.63, 3.8) is 0 Å². The Hall–Kier alpha value is -1.22. The summed E-state index contributed by atoms with van der Waals surface area (Å²) in [5, 5.41) is 21.3. The zero-order chi connectivity index (χ0) is 19.7. The fraction of sp³-hybridized carbons (Fsp3) is 0.400. The van der Waals surface area contributed by atoms with Gasteiger partial charge in [-0.25, -0.2) is 0 Å². The van der Waals surface area contributed by atoms with Gasteiger partial charge >= 0.3 is 0 Å². The molecule has 2 aliphatic rings. The molecular formula is C20H20Cl2O6. The van der Waals surface area contributed by atoms with Gasteiger partial charge in [0.2, 0.25) is 0 Å². The van der Waals surface area contributed by atoms with Crippen LogP contribution >= 0.6 is 23.2 Å². The Balaban J connectivity index is 1.54. The van der Waals surface area contributed by atoms with Gasteiger partial charge in [-0.15, -0.1) is 0 Å². The number of aliphatic hydroxyl groups excluding tert-OH is 2. The third-order valence-electron chi connectivity index (χ3n) is 4.87. The van der Waals surface area contributed by atoms with E-state index in [2.05, 4.69) is 0 Å². The van der Waals surface area contributed by atoms with Crippen LogP contribution in [0.4, 0.5) is 0 Å². The summed E-state index contributed by atoms with van der Waals surface area (Å²) >= 11 is 12.5. The van der Waals surface area contributed by atoms with Crippen molar-refractivity contribution < 1.29 is 29.2 Å². The van der Waals surface area contributed by atoms with Crippen LogP contribution in [0.1, 0.15) is 23.7 Å². The van der Waals surface area contributed by atoms with Gasteiger partial charge in [-0.3, -0.25) is 0 Å². The molecule has 6 nitrogen and oxygen atoms in total. The van der Waals surface area contributed by atoms with Gasteiger partial charge in [0, 0.05) is 21.2 Å². The van der Waals surface area contributed by atoms with Crippen molar-refractivity contribution in [1.29, 1.82) is 0 Å². The minimum absolute atomic E-state index is 0.199. The van der Waals surface area contributed by atoms with Crippen LogP contribution in [0.25, 0.3) is 0 Å². The van der Waals surface area contributed by atoms with Gasteiger partial charge in [0.1, 0.15) is 24.4 Å². The Morgan fingerprint density at radius 2 is 1.46 bits per heavy atom. The van der Waals surface area contributed by atoms with Crippen molar-refractivity contribution in [3.05, 3.63) is 69.7 Å². The Labute approximate surface area is 172 Å². The van der Waals surface area contributed by atoms with Crippen LogP contribution in [0, 0.1) is 0 Å². The van der Waals surface area contributed by atoms with Gasteiger partial charge in [-0.05, 0) is 12.1 Å². The lowest BCUT2D eigenvalue weighted by Crippen LogP contribution is -2.54. The molecule has 2 saturated heterocycles. The molecule has 6 atom stereocenters. The maximum absolute atomic E-state index is 10.6. The van der Waals surface area contributed by atoms with Gasteiger partial charge in [-0.1, -0.05) is 59.6 Å². The minimum Gasteiger partial charge on any atom is -0.394 e. The number of halogens is 2. The van der Waals surface area contributed by atoms with Crippen LogP contribution < -0.4 is 0 Å². The van der Waals surface area contributed by atoms with Gasteiger partial charge in [0.25, 0.3) is 0 Å². The molecule has 2 unspecified atom stereocenters. The highest BCUT2D eigenvalue weighted by Gasteiger charge is 2.46. The largest absolute Gasteiger partial charge is 0.394 e. The number of aliphatic hydroxyl groups is 2. The van der Waals surface area contributed by atoms with Crippen molar-refractivity contribution in [2.45, 2.75) is 37.0 Å². The number of hydrogen-bond acceptors (Lipinski definition) is 6. The summed E-state index contributed by atoms with van der Waals surface area (Å²) in [5.41, 5.74) is 1.32. The second-order valence-corrected chi connectivity index (χ2v) is 7.48. The van der Waals surface area contributed by atoms with E-state index in [1.165, 1.54) is 0 Å². The van der Waals surface area contributed by atoms with E-state index >= 15 is 0 Å². The lowest BCUT2D eigenvalue weighted by atomic mass is 10.0. The maximum Gasteiger partial charge on any atom is 0.186 e. The van der Waals surface area contributed by atoms with Crippen LogP contribution in [0.15, 0.2) is 48.5 Å². The van der Waals surface area contributed by atoms with E-state index in [0.29, 0.717) is 21.2 Å². The monoisotopic (exact) mass is 426 g/mol. The molecular weight excluding hydrogens is 407 g/mol. The molecule has 0 spiro atoms. The van der Waals surface area contributed by atoms with E-state index in [0.717, 1.165) is 0 Å². The second kappa shape index (κ2) is 8.65. The SMILES string of the molecule is OC[C@@H]1OC(c2ccccc2Cl)O[C@H]([C@H]2COC(c3ccccc3Cl)O2)[C@@H]1O. The van der Waals surface area contributed by atoms with Crippen LogP contribution in [-0.4, -0.2) is 47.8 Å². The topological polar surface area (TPSA) is 77.4 Å². The lowest BCUT2D eigenvalue weighted by Gasteiger charge is -2.41. The Morgan fingerprint density at radius 1 is 0.857 bits per heavy atom. The maximum atomic E-state index is 10.6. The molecule has 0 aromatic heterocycles. The minimum atomic E-state index is -1.10. The highest BCUT2D eigenvalue weighted by molar-refractivity contribution is 6.31. The summed E-state index contributed by atoms with van der Waals surface area (Å²) < 4.78 is 23.4. The first-order valence-electron chi connectivity index (χ1n) is 8.94. The molecule has 0 radical (unpaired) electrons. The zero-order valence-corrected chi connectivity index (χ0v) is 16.3. The number of rotatable bonds is 4. The van der Waals surface area contributed by atoms with Crippen LogP contribution in [-0.2, 0) is 18.9 Å².